The molecule has 0 heterocycles. The van der Waals surface area contributed by atoms with Crippen LogP contribution < -0.4 is 0 Å². The minimum atomic E-state index is -0.203. The lowest BCUT2D eigenvalue weighted by Gasteiger charge is -2.31. The van der Waals surface area contributed by atoms with Crippen LogP contribution in [0.15, 0.2) is 48.5 Å². The maximum absolute atomic E-state index is 12.9. The molecule has 2 aromatic carbocycles. The standard InChI is InChI=1S/C17H21FOSi/c1-3-17(4-2,19-20)15-9-5-13(6-10-15)14-7-11-16(18)12-8-14/h5-12H,3-4H2,1-2,20H3. The van der Waals surface area contributed by atoms with Crippen molar-refractivity contribution in [3.05, 3.63) is 59.9 Å². The van der Waals surface area contributed by atoms with Gasteiger partial charge in [0.15, 0.2) is 0 Å². The van der Waals surface area contributed by atoms with E-state index in [-0.39, 0.29) is 11.4 Å². The van der Waals surface area contributed by atoms with Crippen molar-refractivity contribution < 1.29 is 8.82 Å². The van der Waals surface area contributed by atoms with Gasteiger partial charge < -0.3 is 4.43 Å². The summed E-state index contributed by atoms with van der Waals surface area (Å²) < 4.78 is 18.8. The van der Waals surface area contributed by atoms with Crippen molar-refractivity contribution >= 4 is 10.5 Å². The predicted octanol–water partition coefficient (Wildman–Crippen LogP) is 3.81. The summed E-state index contributed by atoms with van der Waals surface area (Å²) in [4.78, 5) is 0. The first-order chi connectivity index (χ1) is 9.65. The summed E-state index contributed by atoms with van der Waals surface area (Å²) in [6.45, 7) is 4.32. The van der Waals surface area contributed by atoms with Gasteiger partial charge in [0, 0.05) is 0 Å². The lowest BCUT2D eigenvalue weighted by atomic mass is 9.87. The Labute approximate surface area is 123 Å². The summed E-state index contributed by atoms with van der Waals surface area (Å²) in [5.41, 5.74) is 3.21. The van der Waals surface area contributed by atoms with Crippen LogP contribution in [0.1, 0.15) is 32.3 Å². The smallest absolute Gasteiger partial charge is 0.147 e. The molecule has 1 nitrogen and oxygen atoms in total. The molecule has 106 valence electrons. The number of rotatable bonds is 5. The van der Waals surface area contributed by atoms with Gasteiger partial charge in [-0.25, -0.2) is 4.39 Å². The Bertz CT molecular complexity index is 536. The minimum Gasteiger partial charge on any atom is -0.418 e. The molecule has 0 radical (unpaired) electrons. The van der Waals surface area contributed by atoms with Crippen LogP contribution in [0.4, 0.5) is 4.39 Å². The first kappa shape index (κ1) is 14.9. The van der Waals surface area contributed by atoms with Crippen LogP contribution in [0.25, 0.3) is 11.1 Å². The SMILES string of the molecule is CCC(CC)(O[SiH3])c1ccc(-c2ccc(F)cc2)cc1. The van der Waals surface area contributed by atoms with Gasteiger partial charge in [-0.1, -0.05) is 50.2 Å². The zero-order chi connectivity index (χ0) is 14.6. The van der Waals surface area contributed by atoms with Gasteiger partial charge in [-0.3, -0.25) is 0 Å². The minimum absolute atomic E-state index is 0.145. The molecule has 0 saturated heterocycles. The molecule has 0 atom stereocenters. The van der Waals surface area contributed by atoms with Crippen molar-refractivity contribution in [1.82, 2.24) is 0 Å². The summed E-state index contributed by atoms with van der Waals surface area (Å²) in [6, 6.07) is 15.0. The highest BCUT2D eigenvalue weighted by Gasteiger charge is 2.26. The molecule has 2 aromatic rings. The molecular weight excluding hydrogens is 267 g/mol. The summed E-state index contributed by atoms with van der Waals surface area (Å²) in [5.74, 6) is -0.203. The van der Waals surface area contributed by atoms with Gasteiger partial charge in [-0.15, -0.1) is 0 Å². The fraction of sp³-hybridized carbons (Fsp3) is 0.294. The molecule has 3 heteroatoms. The lowest BCUT2D eigenvalue weighted by Crippen LogP contribution is -2.27. The molecule has 0 spiro atoms. The van der Waals surface area contributed by atoms with Gasteiger partial charge in [-0.05, 0) is 41.7 Å². The Morgan fingerprint density at radius 3 is 1.75 bits per heavy atom. The largest absolute Gasteiger partial charge is 0.418 e. The molecule has 0 bridgehead atoms. The molecule has 0 fully saturated rings. The first-order valence-electron chi connectivity index (χ1n) is 7.07. The van der Waals surface area contributed by atoms with Crippen LogP contribution in [-0.2, 0) is 10.0 Å². The lowest BCUT2D eigenvalue weighted by molar-refractivity contribution is 0.0685. The summed E-state index contributed by atoms with van der Waals surface area (Å²) in [6.07, 6.45) is 1.95. The van der Waals surface area contributed by atoms with Crippen LogP contribution in [0, 0.1) is 5.82 Å². The van der Waals surface area contributed by atoms with Crippen molar-refractivity contribution in [2.45, 2.75) is 32.3 Å². The predicted molar refractivity (Wildman–Crippen MR) is 85.1 cm³/mol. The van der Waals surface area contributed by atoms with Gasteiger partial charge in [-0.2, -0.15) is 0 Å². The van der Waals surface area contributed by atoms with Crippen LogP contribution in [0.5, 0.6) is 0 Å². The third-order valence-electron chi connectivity index (χ3n) is 4.12. The van der Waals surface area contributed by atoms with E-state index in [0.717, 1.165) is 34.5 Å². The molecule has 0 aliphatic heterocycles. The highest BCUT2D eigenvalue weighted by molar-refractivity contribution is 5.98. The van der Waals surface area contributed by atoms with Crippen LogP contribution in [-0.4, -0.2) is 10.5 Å². The van der Waals surface area contributed by atoms with Gasteiger partial charge in [0.05, 0.1) is 5.60 Å². The van der Waals surface area contributed by atoms with E-state index in [1.807, 2.05) is 0 Å². The van der Waals surface area contributed by atoms with E-state index in [2.05, 4.69) is 38.1 Å². The maximum Gasteiger partial charge on any atom is 0.147 e. The molecule has 0 unspecified atom stereocenters. The van der Waals surface area contributed by atoms with Crippen molar-refractivity contribution in [2.24, 2.45) is 0 Å². The second-order valence-corrected chi connectivity index (χ2v) is 5.40. The van der Waals surface area contributed by atoms with E-state index in [0.29, 0.717) is 0 Å². The van der Waals surface area contributed by atoms with Crippen molar-refractivity contribution in [3.63, 3.8) is 0 Å². The Morgan fingerprint density at radius 2 is 1.35 bits per heavy atom. The monoisotopic (exact) mass is 288 g/mol. The molecule has 0 aliphatic carbocycles. The summed E-state index contributed by atoms with van der Waals surface area (Å²) in [5, 5.41) is 0. The third kappa shape index (κ3) is 2.84. The zero-order valence-electron chi connectivity index (χ0n) is 12.3. The second kappa shape index (κ2) is 6.33. The van der Waals surface area contributed by atoms with Crippen molar-refractivity contribution in [3.8, 4) is 11.1 Å². The molecule has 0 aromatic heterocycles. The van der Waals surface area contributed by atoms with Gasteiger partial charge in [0.25, 0.3) is 0 Å². The normalized spacial score (nSPS) is 11.8. The number of halogens is 1. The summed E-state index contributed by atoms with van der Waals surface area (Å²) >= 11 is 0. The van der Waals surface area contributed by atoms with E-state index >= 15 is 0 Å². The number of hydrogen-bond donors (Lipinski definition) is 0. The van der Waals surface area contributed by atoms with Crippen LogP contribution in [0.3, 0.4) is 0 Å². The van der Waals surface area contributed by atoms with Gasteiger partial charge in [0.1, 0.15) is 16.3 Å². The van der Waals surface area contributed by atoms with E-state index < -0.39 is 0 Å². The third-order valence-corrected chi connectivity index (χ3v) is 4.90. The fourth-order valence-electron chi connectivity index (χ4n) is 2.67. The molecule has 0 aliphatic rings. The quantitative estimate of drug-likeness (QED) is 0.760. The Morgan fingerprint density at radius 1 is 0.900 bits per heavy atom. The van der Waals surface area contributed by atoms with Crippen LogP contribution >= 0.6 is 0 Å². The average Bonchev–Trinajstić information content (AvgIpc) is 2.51. The molecule has 0 saturated carbocycles. The molecule has 2 rings (SSSR count). The van der Waals surface area contributed by atoms with E-state index in [1.165, 1.54) is 17.7 Å². The highest BCUT2D eigenvalue weighted by atomic mass is 28.2. The van der Waals surface area contributed by atoms with Crippen molar-refractivity contribution in [2.75, 3.05) is 0 Å². The van der Waals surface area contributed by atoms with Gasteiger partial charge in [0.2, 0.25) is 0 Å². The van der Waals surface area contributed by atoms with E-state index in [1.54, 1.807) is 12.1 Å². The summed E-state index contributed by atoms with van der Waals surface area (Å²) in [7, 11) is 0.731. The molecule has 20 heavy (non-hydrogen) atoms. The molecule has 0 amide bonds. The average molecular weight is 288 g/mol. The Hall–Kier alpha value is -1.45. The molecule has 0 N–H and O–H groups in total. The highest BCUT2D eigenvalue weighted by Crippen LogP contribution is 2.33. The van der Waals surface area contributed by atoms with E-state index in [9.17, 15) is 4.39 Å². The number of benzene rings is 2. The van der Waals surface area contributed by atoms with Gasteiger partial charge >= 0.3 is 0 Å². The molecular formula is C17H21FOSi. The zero-order valence-corrected chi connectivity index (χ0v) is 14.3. The van der Waals surface area contributed by atoms with E-state index in [4.69, 9.17) is 4.43 Å². The maximum atomic E-state index is 12.9. The Kier molecular flexibility index (Phi) is 4.73. The van der Waals surface area contributed by atoms with Crippen LogP contribution in [0.2, 0.25) is 0 Å². The first-order valence-corrected chi connectivity index (χ1v) is 7.88. The fourth-order valence-corrected chi connectivity index (χ4v) is 3.49. The second-order valence-electron chi connectivity index (χ2n) is 4.99. The topological polar surface area (TPSA) is 9.23 Å². The number of hydrogen-bond acceptors (Lipinski definition) is 1. The van der Waals surface area contributed by atoms with Crippen molar-refractivity contribution in [1.29, 1.82) is 0 Å². The Balaban J connectivity index is 2.32.